The maximum atomic E-state index is 12.6. The van der Waals surface area contributed by atoms with Crippen LogP contribution in [-0.4, -0.2) is 17.6 Å². The van der Waals surface area contributed by atoms with Crippen molar-refractivity contribution < 1.29 is 9.90 Å². The van der Waals surface area contributed by atoms with Crippen LogP contribution >= 0.6 is 23.2 Å². The molecule has 3 rings (SSSR count). The number of halogens is 2. The van der Waals surface area contributed by atoms with Gasteiger partial charge in [-0.05, 0) is 30.2 Å². The molecule has 0 aromatic heterocycles. The van der Waals surface area contributed by atoms with Crippen molar-refractivity contribution in [2.45, 2.75) is 6.42 Å². The van der Waals surface area contributed by atoms with E-state index in [1.165, 1.54) is 12.1 Å². The van der Waals surface area contributed by atoms with Gasteiger partial charge in [0.1, 0.15) is 0 Å². The Morgan fingerprint density at radius 3 is 2.50 bits per heavy atom. The number of carbonyl (C=O) groups excluding carboxylic acids is 1. The van der Waals surface area contributed by atoms with E-state index in [1.807, 2.05) is 24.3 Å². The van der Waals surface area contributed by atoms with Crippen molar-refractivity contribution in [3.05, 3.63) is 57.6 Å². The molecule has 102 valence electrons. The molecule has 5 heteroatoms. The van der Waals surface area contributed by atoms with Gasteiger partial charge < -0.3 is 10.0 Å². The summed E-state index contributed by atoms with van der Waals surface area (Å²) in [7, 11) is 0. The number of fused-ring (bicyclic) bond motifs is 1. The smallest absolute Gasteiger partial charge is 0.258 e. The number of nitrogens with zero attached hydrogens (tertiary/aromatic N) is 1. The fourth-order valence-electron chi connectivity index (χ4n) is 2.39. The Bertz CT molecular complexity index is 677. The number of aromatic hydroxyl groups is 1. The number of anilines is 1. The van der Waals surface area contributed by atoms with Crippen LogP contribution in [0.2, 0.25) is 10.0 Å². The molecule has 1 heterocycles. The van der Waals surface area contributed by atoms with Crippen molar-refractivity contribution in [3.63, 3.8) is 0 Å². The third-order valence-corrected chi connectivity index (χ3v) is 3.97. The van der Waals surface area contributed by atoms with Gasteiger partial charge in [-0.2, -0.15) is 0 Å². The largest absolute Gasteiger partial charge is 0.505 e. The number of benzene rings is 2. The summed E-state index contributed by atoms with van der Waals surface area (Å²) in [6.07, 6.45) is 0.835. The first kappa shape index (κ1) is 13.3. The van der Waals surface area contributed by atoms with E-state index in [1.54, 1.807) is 4.90 Å². The van der Waals surface area contributed by atoms with Gasteiger partial charge in [0, 0.05) is 17.8 Å². The zero-order chi connectivity index (χ0) is 14.3. The SMILES string of the molecule is O=C(c1cc(Cl)c(O)c(Cl)c1)N1CCc2ccccc21. The lowest BCUT2D eigenvalue weighted by atomic mass is 10.1. The van der Waals surface area contributed by atoms with Crippen LogP contribution in [0.4, 0.5) is 5.69 Å². The first-order valence-corrected chi connectivity index (χ1v) is 6.91. The van der Waals surface area contributed by atoms with E-state index < -0.39 is 0 Å². The molecule has 1 aliphatic heterocycles. The molecule has 0 saturated carbocycles. The van der Waals surface area contributed by atoms with E-state index >= 15 is 0 Å². The van der Waals surface area contributed by atoms with E-state index in [-0.39, 0.29) is 21.7 Å². The number of carbonyl (C=O) groups is 1. The predicted octanol–water partition coefficient (Wildman–Crippen LogP) is 3.90. The maximum Gasteiger partial charge on any atom is 0.258 e. The van der Waals surface area contributed by atoms with Crippen molar-refractivity contribution in [1.29, 1.82) is 0 Å². The molecule has 1 amide bonds. The second-order valence-electron chi connectivity index (χ2n) is 4.62. The molecule has 0 fully saturated rings. The number of phenolic OH excluding ortho intramolecular Hbond substituents is 1. The molecule has 1 aliphatic rings. The molecule has 0 aliphatic carbocycles. The third-order valence-electron chi connectivity index (χ3n) is 3.40. The Balaban J connectivity index is 1.99. The van der Waals surface area contributed by atoms with Crippen LogP contribution in [0.3, 0.4) is 0 Å². The van der Waals surface area contributed by atoms with Gasteiger partial charge in [-0.3, -0.25) is 4.79 Å². The number of phenols is 1. The number of amides is 1. The van der Waals surface area contributed by atoms with E-state index in [0.717, 1.165) is 17.7 Å². The highest BCUT2D eigenvalue weighted by Crippen LogP contribution is 2.35. The van der Waals surface area contributed by atoms with Crippen LogP contribution < -0.4 is 4.90 Å². The summed E-state index contributed by atoms with van der Waals surface area (Å²) in [5.74, 6) is -0.370. The van der Waals surface area contributed by atoms with E-state index in [9.17, 15) is 9.90 Å². The minimum Gasteiger partial charge on any atom is -0.505 e. The Morgan fingerprint density at radius 1 is 1.15 bits per heavy atom. The first-order valence-electron chi connectivity index (χ1n) is 6.15. The maximum absolute atomic E-state index is 12.6. The fraction of sp³-hybridized carbons (Fsp3) is 0.133. The van der Waals surface area contributed by atoms with Crippen LogP contribution in [0, 0.1) is 0 Å². The highest BCUT2D eigenvalue weighted by atomic mass is 35.5. The molecule has 1 N–H and O–H groups in total. The summed E-state index contributed by atoms with van der Waals surface area (Å²) in [5.41, 5.74) is 2.43. The summed E-state index contributed by atoms with van der Waals surface area (Å²) >= 11 is 11.7. The second-order valence-corrected chi connectivity index (χ2v) is 5.44. The zero-order valence-corrected chi connectivity index (χ0v) is 11.9. The van der Waals surface area contributed by atoms with Crippen molar-refractivity contribution in [3.8, 4) is 5.75 Å². The zero-order valence-electron chi connectivity index (χ0n) is 10.4. The van der Waals surface area contributed by atoms with Gasteiger partial charge in [-0.15, -0.1) is 0 Å². The summed E-state index contributed by atoms with van der Waals surface area (Å²) in [4.78, 5) is 14.3. The standard InChI is InChI=1S/C15H11Cl2NO2/c16-11-7-10(8-12(17)14(11)19)15(20)18-6-5-9-3-1-2-4-13(9)18/h1-4,7-8,19H,5-6H2. The van der Waals surface area contributed by atoms with E-state index in [4.69, 9.17) is 23.2 Å². The van der Waals surface area contributed by atoms with Gasteiger partial charge in [0.05, 0.1) is 10.0 Å². The molecule has 0 radical (unpaired) electrons. The van der Waals surface area contributed by atoms with Crippen molar-refractivity contribution in [2.75, 3.05) is 11.4 Å². The predicted molar refractivity (Wildman–Crippen MR) is 79.9 cm³/mol. The summed E-state index contributed by atoms with van der Waals surface area (Å²) in [6.45, 7) is 0.633. The third kappa shape index (κ3) is 2.13. The molecule has 0 spiro atoms. The van der Waals surface area contributed by atoms with Gasteiger partial charge >= 0.3 is 0 Å². The van der Waals surface area contributed by atoms with Gasteiger partial charge in [0.2, 0.25) is 0 Å². The lowest BCUT2D eigenvalue weighted by Gasteiger charge is -2.18. The lowest BCUT2D eigenvalue weighted by molar-refractivity contribution is 0.0989. The van der Waals surface area contributed by atoms with E-state index in [0.29, 0.717) is 12.1 Å². The summed E-state index contributed by atoms with van der Waals surface area (Å²) in [6, 6.07) is 10.7. The molecule has 0 atom stereocenters. The summed E-state index contributed by atoms with van der Waals surface area (Å²) in [5, 5.41) is 9.70. The van der Waals surface area contributed by atoms with Crippen molar-refractivity contribution in [1.82, 2.24) is 0 Å². The molecule has 2 aromatic carbocycles. The van der Waals surface area contributed by atoms with Gasteiger partial charge in [0.25, 0.3) is 5.91 Å². The fourth-order valence-corrected chi connectivity index (χ4v) is 2.88. The number of rotatable bonds is 1. The lowest BCUT2D eigenvalue weighted by Crippen LogP contribution is -2.28. The van der Waals surface area contributed by atoms with Gasteiger partial charge in [0.15, 0.2) is 5.75 Å². The Hall–Kier alpha value is -1.71. The quantitative estimate of drug-likeness (QED) is 0.868. The van der Waals surface area contributed by atoms with Gasteiger partial charge in [-0.1, -0.05) is 41.4 Å². The van der Waals surface area contributed by atoms with Crippen LogP contribution in [0.1, 0.15) is 15.9 Å². The van der Waals surface area contributed by atoms with Crippen LogP contribution in [-0.2, 0) is 6.42 Å². The number of para-hydroxylation sites is 1. The van der Waals surface area contributed by atoms with Crippen LogP contribution in [0.25, 0.3) is 0 Å². The molecular formula is C15H11Cl2NO2. The van der Waals surface area contributed by atoms with Crippen LogP contribution in [0.5, 0.6) is 5.75 Å². The molecule has 0 unspecified atom stereocenters. The Labute approximate surface area is 126 Å². The monoisotopic (exact) mass is 307 g/mol. The molecule has 3 nitrogen and oxygen atoms in total. The number of hydrogen-bond acceptors (Lipinski definition) is 2. The average Bonchev–Trinajstić information content (AvgIpc) is 2.87. The highest BCUT2D eigenvalue weighted by Gasteiger charge is 2.26. The van der Waals surface area contributed by atoms with E-state index in [2.05, 4.69) is 0 Å². The van der Waals surface area contributed by atoms with Gasteiger partial charge in [-0.25, -0.2) is 0 Å². The molecule has 0 saturated heterocycles. The minimum absolute atomic E-state index is 0.0772. The molecular weight excluding hydrogens is 297 g/mol. The average molecular weight is 308 g/mol. The first-order chi connectivity index (χ1) is 9.58. The Morgan fingerprint density at radius 2 is 1.80 bits per heavy atom. The molecule has 20 heavy (non-hydrogen) atoms. The second kappa shape index (κ2) is 5.00. The molecule has 2 aromatic rings. The van der Waals surface area contributed by atoms with Crippen molar-refractivity contribution >= 4 is 34.8 Å². The minimum atomic E-state index is -0.202. The topological polar surface area (TPSA) is 40.5 Å². The summed E-state index contributed by atoms with van der Waals surface area (Å²) < 4.78 is 0. The van der Waals surface area contributed by atoms with Crippen molar-refractivity contribution in [2.24, 2.45) is 0 Å². The normalized spacial score (nSPS) is 13.4. The Kier molecular flexibility index (Phi) is 3.32. The van der Waals surface area contributed by atoms with Crippen LogP contribution in [0.15, 0.2) is 36.4 Å². The molecule has 0 bridgehead atoms. The highest BCUT2D eigenvalue weighted by molar-refractivity contribution is 6.37. The number of hydrogen-bond donors (Lipinski definition) is 1.